The quantitative estimate of drug-likeness (QED) is 0.773. The van der Waals surface area contributed by atoms with Crippen molar-refractivity contribution >= 4 is 11.9 Å². The summed E-state index contributed by atoms with van der Waals surface area (Å²) in [4.78, 5) is 24.6. The molecule has 0 spiro atoms. The fourth-order valence-corrected chi connectivity index (χ4v) is 2.46. The number of aliphatic carboxylic acids is 1. The number of likely N-dealkylation sites (tertiary alicyclic amines) is 1. The Balaban J connectivity index is 1.67. The molecule has 6 nitrogen and oxygen atoms in total. The number of carboxylic acids is 1. The lowest BCUT2D eigenvalue weighted by Crippen LogP contribution is -2.49. The molecule has 1 N–H and O–H groups in total. The number of hydrogen-bond donors (Lipinski definition) is 1. The van der Waals surface area contributed by atoms with Crippen molar-refractivity contribution in [2.75, 3.05) is 26.4 Å². The summed E-state index contributed by atoms with van der Waals surface area (Å²) in [5.41, 5.74) is 0. The molecule has 1 amide bonds. The lowest BCUT2D eigenvalue weighted by atomic mass is 10.0. The van der Waals surface area contributed by atoms with Gasteiger partial charge in [-0.1, -0.05) is 18.2 Å². The van der Waals surface area contributed by atoms with E-state index in [1.54, 1.807) is 0 Å². The summed E-state index contributed by atoms with van der Waals surface area (Å²) in [6.07, 6.45) is 2.19. The van der Waals surface area contributed by atoms with Gasteiger partial charge in [0.15, 0.2) is 0 Å². The Bertz CT molecular complexity index is 491. The molecule has 0 unspecified atom stereocenters. The van der Waals surface area contributed by atoms with Crippen LogP contribution in [0.1, 0.15) is 19.3 Å². The van der Waals surface area contributed by atoms with Crippen molar-refractivity contribution < 1.29 is 24.2 Å². The number of nitrogens with zero attached hydrogens (tertiary/aromatic N) is 1. The van der Waals surface area contributed by atoms with Gasteiger partial charge < -0.3 is 19.5 Å². The van der Waals surface area contributed by atoms with Gasteiger partial charge in [-0.15, -0.1) is 0 Å². The summed E-state index contributed by atoms with van der Waals surface area (Å²) >= 11 is 0. The Kier molecular flexibility index (Phi) is 6.21. The van der Waals surface area contributed by atoms with E-state index in [-0.39, 0.29) is 19.1 Å². The fraction of sp³-hybridized carbons (Fsp3) is 0.500. The number of benzene rings is 1. The number of rotatable bonds is 7. The van der Waals surface area contributed by atoms with Crippen LogP contribution in [0.25, 0.3) is 0 Å². The van der Waals surface area contributed by atoms with Crippen LogP contribution < -0.4 is 4.74 Å². The first-order valence-electron chi connectivity index (χ1n) is 7.46. The highest BCUT2D eigenvalue weighted by molar-refractivity contribution is 5.84. The van der Waals surface area contributed by atoms with Gasteiger partial charge in [0.1, 0.15) is 25.0 Å². The average molecular weight is 307 g/mol. The highest BCUT2D eigenvalue weighted by atomic mass is 16.5. The van der Waals surface area contributed by atoms with Crippen molar-refractivity contribution in [1.82, 2.24) is 4.90 Å². The van der Waals surface area contributed by atoms with E-state index in [4.69, 9.17) is 14.6 Å². The zero-order chi connectivity index (χ0) is 15.8. The maximum atomic E-state index is 12.0. The molecule has 22 heavy (non-hydrogen) atoms. The van der Waals surface area contributed by atoms with Crippen LogP contribution >= 0.6 is 0 Å². The third kappa shape index (κ3) is 4.73. The molecule has 6 heteroatoms. The molecule has 0 aromatic heterocycles. The van der Waals surface area contributed by atoms with Crippen LogP contribution in [-0.4, -0.2) is 54.3 Å². The largest absolute Gasteiger partial charge is 0.491 e. The summed E-state index contributed by atoms with van der Waals surface area (Å²) in [5, 5.41) is 9.14. The maximum Gasteiger partial charge on any atom is 0.326 e. The van der Waals surface area contributed by atoms with Crippen molar-refractivity contribution in [3.8, 4) is 5.75 Å². The first kappa shape index (κ1) is 16.3. The normalized spacial score (nSPS) is 18.0. The Morgan fingerprint density at radius 3 is 2.68 bits per heavy atom. The predicted molar refractivity (Wildman–Crippen MR) is 79.7 cm³/mol. The smallest absolute Gasteiger partial charge is 0.326 e. The number of ether oxygens (including phenoxy) is 2. The van der Waals surface area contributed by atoms with Gasteiger partial charge in [0.25, 0.3) is 0 Å². The summed E-state index contributed by atoms with van der Waals surface area (Å²) in [6, 6.07) is 8.63. The third-order valence-electron chi connectivity index (χ3n) is 3.57. The number of para-hydroxylation sites is 1. The highest BCUT2D eigenvalue weighted by Gasteiger charge is 2.31. The van der Waals surface area contributed by atoms with E-state index >= 15 is 0 Å². The molecular weight excluding hydrogens is 286 g/mol. The molecule has 1 aliphatic rings. The van der Waals surface area contributed by atoms with Gasteiger partial charge in [0.05, 0.1) is 6.61 Å². The van der Waals surface area contributed by atoms with E-state index in [0.717, 1.165) is 18.6 Å². The average Bonchev–Trinajstić information content (AvgIpc) is 2.55. The van der Waals surface area contributed by atoms with Crippen molar-refractivity contribution in [2.24, 2.45) is 0 Å². The molecular formula is C16H21NO5. The lowest BCUT2D eigenvalue weighted by molar-refractivity contribution is -0.154. The molecule has 0 radical (unpaired) electrons. The van der Waals surface area contributed by atoms with E-state index in [0.29, 0.717) is 19.6 Å². The van der Waals surface area contributed by atoms with E-state index < -0.39 is 12.0 Å². The second kappa shape index (κ2) is 8.38. The Labute approximate surface area is 129 Å². The standard InChI is InChI=1S/C16H21NO5/c18-15(17-9-5-4-8-14(17)16(19)20)12-21-10-11-22-13-6-2-1-3-7-13/h1-3,6-7,14H,4-5,8-12H2,(H,19,20)/t14-/m1/s1. The minimum absolute atomic E-state index is 0.109. The zero-order valence-electron chi connectivity index (χ0n) is 12.4. The number of amides is 1. The van der Waals surface area contributed by atoms with Gasteiger partial charge in [-0.3, -0.25) is 4.79 Å². The molecule has 0 aliphatic carbocycles. The summed E-state index contributed by atoms with van der Waals surface area (Å²) in [6.45, 7) is 1.01. The number of carboxylic acid groups (broad SMARTS) is 1. The topological polar surface area (TPSA) is 76.1 Å². The molecule has 2 rings (SSSR count). The second-order valence-corrected chi connectivity index (χ2v) is 5.15. The molecule has 1 atom stereocenters. The second-order valence-electron chi connectivity index (χ2n) is 5.15. The van der Waals surface area contributed by atoms with Gasteiger partial charge in [0, 0.05) is 6.54 Å². The Morgan fingerprint density at radius 1 is 1.18 bits per heavy atom. The number of carbonyl (C=O) groups excluding carboxylic acids is 1. The molecule has 1 aromatic carbocycles. The minimum atomic E-state index is -0.944. The van der Waals surface area contributed by atoms with E-state index in [9.17, 15) is 9.59 Å². The molecule has 0 saturated carbocycles. The van der Waals surface area contributed by atoms with Crippen molar-refractivity contribution in [2.45, 2.75) is 25.3 Å². The van der Waals surface area contributed by atoms with Crippen molar-refractivity contribution in [1.29, 1.82) is 0 Å². The molecule has 0 bridgehead atoms. The minimum Gasteiger partial charge on any atom is -0.491 e. The monoisotopic (exact) mass is 307 g/mol. The van der Waals surface area contributed by atoms with Gasteiger partial charge in [-0.25, -0.2) is 4.79 Å². The molecule has 120 valence electrons. The molecule has 1 fully saturated rings. The van der Waals surface area contributed by atoms with Crippen LogP contribution in [0, 0.1) is 0 Å². The molecule has 1 saturated heterocycles. The van der Waals surface area contributed by atoms with Crippen LogP contribution in [0.4, 0.5) is 0 Å². The first-order valence-corrected chi connectivity index (χ1v) is 7.46. The van der Waals surface area contributed by atoms with E-state index in [1.807, 2.05) is 30.3 Å². The summed E-state index contributed by atoms with van der Waals surface area (Å²) in [5.74, 6) is -0.466. The van der Waals surface area contributed by atoms with Crippen molar-refractivity contribution in [3.05, 3.63) is 30.3 Å². The van der Waals surface area contributed by atoms with Crippen LogP contribution in [-0.2, 0) is 14.3 Å². The van der Waals surface area contributed by atoms with Gasteiger partial charge >= 0.3 is 5.97 Å². The summed E-state index contributed by atoms with van der Waals surface area (Å²) in [7, 11) is 0. The zero-order valence-corrected chi connectivity index (χ0v) is 12.4. The van der Waals surface area contributed by atoms with Gasteiger partial charge in [-0.2, -0.15) is 0 Å². The third-order valence-corrected chi connectivity index (χ3v) is 3.57. The van der Waals surface area contributed by atoms with E-state index in [2.05, 4.69) is 0 Å². The molecule has 1 heterocycles. The SMILES string of the molecule is O=C(O)[C@H]1CCCCN1C(=O)COCCOc1ccccc1. The number of carbonyl (C=O) groups is 2. The van der Waals surface area contributed by atoms with Crippen LogP contribution in [0.3, 0.4) is 0 Å². The maximum absolute atomic E-state index is 12.0. The van der Waals surface area contributed by atoms with Gasteiger partial charge in [-0.05, 0) is 31.4 Å². The van der Waals surface area contributed by atoms with Crippen LogP contribution in [0.15, 0.2) is 30.3 Å². The van der Waals surface area contributed by atoms with Crippen LogP contribution in [0.5, 0.6) is 5.75 Å². The van der Waals surface area contributed by atoms with Gasteiger partial charge in [0.2, 0.25) is 5.91 Å². The van der Waals surface area contributed by atoms with E-state index in [1.165, 1.54) is 4.90 Å². The predicted octanol–water partition coefficient (Wildman–Crippen LogP) is 1.55. The Hall–Kier alpha value is -2.08. The molecule has 1 aliphatic heterocycles. The fourth-order valence-electron chi connectivity index (χ4n) is 2.46. The number of piperidine rings is 1. The molecule has 1 aromatic rings. The summed E-state index contributed by atoms with van der Waals surface area (Å²) < 4.78 is 10.7. The van der Waals surface area contributed by atoms with Crippen LogP contribution in [0.2, 0.25) is 0 Å². The first-order chi connectivity index (χ1) is 10.7. The Morgan fingerprint density at radius 2 is 1.95 bits per heavy atom. The highest BCUT2D eigenvalue weighted by Crippen LogP contribution is 2.17. The van der Waals surface area contributed by atoms with Crippen molar-refractivity contribution in [3.63, 3.8) is 0 Å². The number of hydrogen-bond acceptors (Lipinski definition) is 4. The lowest BCUT2D eigenvalue weighted by Gasteiger charge is -2.32.